The van der Waals surface area contributed by atoms with Crippen LogP contribution in [0.2, 0.25) is 0 Å². The zero-order valence-electron chi connectivity index (χ0n) is 10.8. The van der Waals surface area contributed by atoms with Gasteiger partial charge in [0.05, 0.1) is 4.92 Å². The van der Waals surface area contributed by atoms with E-state index >= 15 is 0 Å². The quantitative estimate of drug-likeness (QED) is 0.512. The van der Waals surface area contributed by atoms with Crippen molar-refractivity contribution in [2.75, 3.05) is 5.32 Å². The number of hydrogen-bond donors (Lipinski definition) is 1. The molecule has 0 atom stereocenters. The highest BCUT2D eigenvalue weighted by Gasteiger charge is 2.19. The molecule has 0 radical (unpaired) electrons. The van der Waals surface area contributed by atoms with E-state index in [0.29, 0.717) is 4.47 Å². The molecule has 1 aromatic carbocycles. The van der Waals surface area contributed by atoms with Crippen molar-refractivity contribution < 1.29 is 4.92 Å². The molecule has 0 amide bonds. The summed E-state index contributed by atoms with van der Waals surface area (Å²) in [5.74, 6) is 0.142. The van der Waals surface area contributed by atoms with Gasteiger partial charge in [-0.2, -0.15) is 10.5 Å². The second kappa shape index (κ2) is 6.69. The van der Waals surface area contributed by atoms with Crippen molar-refractivity contribution in [1.82, 2.24) is 0 Å². The molecule has 0 aliphatic rings. The van der Waals surface area contributed by atoms with Gasteiger partial charge in [0.15, 0.2) is 0 Å². The van der Waals surface area contributed by atoms with Crippen molar-refractivity contribution >= 4 is 27.3 Å². The lowest BCUT2D eigenvalue weighted by Gasteiger charge is -2.10. The summed E-state index contributed by atoms with van der Waals surface area (Å²) in [6.45, 7) is 3.87. The van der Waals surface area contributed by atoms with Crippen LogP contribution in [-0.4, -0.2) is 4.92 Å². The Hall–Kier alpha value is -2.38. The number of halogens is 1. The lowest BCUT2D eigenvalue weighted by molar-refractivity contribution is -0.384. The van der Waals surface area contributed by atoms with Gasteiger partial charge in [-0.15, -0.1) is 0 Å². The molecule has 0 heterocycles. The average molecular weight is 335 g/mol. The van der Waals surface area contributed by atoms with Crippen LogP contribution < -0.4 is 5.32 Å². The molecule has 0 saturated carbocycles. The molecule has 6 nitrogen and oxygen atoms in total. The highest BCUT2D eigenvalue weighted by atomic mass is 79.9. The largest absolute Gasteiger partial charge is 0.353 e. The van der Waals surface area contributed by atoms with Gasteiger partial charge >= 0.3 is 0 Å². The molecule has 0 bridgehead atoms. The van der Waals surface area contributed by atoms with Crippen LogP contribution in [0.15, 0.2) is 28.4 Å². The van der Waals surface area contributed by atoms with E-state index in [9.17, 15) is 10.1 Å². The summed E-state index contributed by atoms with van der Waals surface area (Å²) in [7, 11) is 0. The van der Waals surface area contributed by atoms with Crippen LogP contribution in [-0.2, 0) is 0 Å². The summed E-state index contributed by atoms with van der Waals surface area (Å²) >= 11 is 3.27. The summed E-state index contributed by atoms with van der Waals surface area (Å²) in [6, 6.07) is 6.59. The van der Waals surface area contributed by atoms with Crippen molar-refractivity contribution in [2.45, 2.75) is 19.8 Å². The highest BCUT2D eigenvalue weighted by molar-refractivity contribution is 9.10. The average Bonchev–Trinajstić information content (AvgIpc) is 2.40. The number of nitrogens with zero attached hydrogens (tertiary/aromatic N) is 3. The summed E-state index contributed by atoms with van der Waals surface area (Å²) in [5, 5.41) is 31.0. The Balaban J connectivity index is 3.33. The van der Waals surface area contributed by atoms with E-state index < -0.39 is 4.92 Å². The second-order valence-corrected chi connectivity index (χ2v) is 5.09. The summed E-state index contributed by atoms with van der Waals surface area (Å²) < 4.78 is 0.502. The molecule has 1 aromatic rings. The van der Waals surface area contributed by atoms with Crippen molar-refractivity contribution in [3.63, 3.8) is 0 Å². The predicted octanol–water partition coefficient (Wildman–Crippen LogP) is 3.82. The Kier molecular flexibility index (Phi) is 5.24. The molecule has 102 valence electrons. The normalized spacial score (nSPS) is 9.50. The maximum absolute atomic E-state index is 11.1. The molecule has 0 unspecified atom stereocenters. The van der Waals surface area contributed by atoms with Crippen molar-refractivity contribution in [1.29, 1.82) is 10.5 Å². The number of nitriles is 2. The van der Waals surface area contributed by atoms with Gasteiger partial charge in [-0.05, 0) is 33.5 Å². The number of hydrogen-bond acceptors (Lipinski definition) is 5. The Morgan fingerprint density at radius 3 is 2.50 bits per heavy atom. The van der Waals surface area contributed by atoms with Crippen LogP contribution in [0.3, 0.4) is 0 Å². The maximum Gasteiger partial charge on any atom is 0.294 e. The fraction of sp³-hybridized carbons (Fsp3) is 0.231. The Labute approximate surface area is 124 Å². The standard InChI is InChI=1S/C13H11BrN4O2/c1-8(2)10-3-11(14)13(12(4-10)18(19)20)17-7-9(5-15)6-16/h3-4,7-8,17H,1-2H3. The molecule has 7 heteroatoms. The molecule has 0 fully saturated rings. The fourth-order valence-corrected chi connectivity index (χ4v) is 2.05. The molecule has 0 aromatic heterocycles. The number of nitrogens with one attached hydrogen (secondary N) is 1. The van der Waals surface area contributed by atoms with Gasteiger partial charge in [0.25, 0.3) is 5.69 Å². The Morgan fingerprint density at radius 1 is 1.45 bits per heavy atom. The van der Waals surface area contributed by atoms with Crippen LogP contribution >= 0.6 is 15.9 Å². The minimum absolute atomic E-state index is 0.116. The first kappa shape index (κ1) is 15.7. The molecule has 0 spiro atoms. The van der Waals surface area contributed by atoms with E-state index in [0.717, 1.165) is 11.8 Å². The van der Waals surface area contributed by atoms with Gasteiger partial charge in [-0.1, -0.05) is 13.8 Å². The zero-order chi connectivity index (χ0) is 15.3. The van der Waals surface area contributed by atoms with Crippen LogP contribution in [0.1, 0.15) is 25.3 Å². The SMILES string of the molecule is CC(C)c1cc(Br)c(NC=C(C#N)C#N)c([N+](=O)[O-])c1. The van der Waals surface area contributed by atoms with Gasteiger partial charge in [0.1, 0.15) is 23.4 Å². The Bertz CT molecular complexity index is 638. The van der Waals surface area contributed by atoms with Gasteiger partial charge in [0, 0.05) is 16.7 Å². The van der Waals surface area contributed by atoms with Crippen LogP contribution in [0.5, 0.6) is 0 Å². The molecular formula is C13H11BrN4O2. The van der Waals surface area contributed by atoms with E-state index in [4.69, 9.17) is 10.5 Å². The lowest BCUT2D eigenvalue weighted by Crippen LogP contribution is -2.00. The monoisotopic (exact) mass is 334 g/mol. The van der Waals surface area contributed by atoms with Crippen molar-refractivity contribution in [3.8, 4) is 12.1 Å². The topological polar surface area (TPSA) is 103 Å². The van der Waals surface area contributed by atoms with Gasteiger partial charge in [-0.25, -0.2) is 0 Å². The third-order valence-electron chi connectivity index (χ3n) is 2.56. The minimum Gasteiger partial charge on any atom is -0.353 e. The van der Waals surface area contributed by atoms with Crippen molar-refractivity contribution in [2.24, 2.45) is 0 Å². The maximum atomic E-state index is 11.1. The summed E-state index contributed by atoms with van der Waals surface area (Å²) in [5.41, 5.74) is 0.745. The predicted molar refractivity (Wildman–Crippen MR) is 77.8 cm³/mol. The number of benzene rings is 1. The fourth-order valence-electron chi connectivity index (χ4n) is 1.47. The van der Waals surface area contributed by atoms with E-state index in [1.165, 1.54) is 6.07 Å². The second-order valence-electron chi connectivity index (χ2n) is 4.23. The van der Waals surface area contributed by atoms with E-state index in [1.54, 1.807) is 18.2 Å². The molecule has 1 rings (SSSR count). The van der Waals surface area contributed by atoms with Crippen LogP contribution in [0, 0.1) is 32.8 Å². The van der Waals surface area contributed by atoms with E-state index in [1.807, 2.05) is 13.8 Å². The third-order valence-corrected chi connectivity index (χ3v) is 3.18. The molecule has 0 aliphatic heterocycles. The first-order chi connectivity index (χ1) is 9.40. The number of nitro benzene ring substituents is 1. The smallest absolute Gasteiger partial charge is 0.294 e. The number of allylic oxidation sites excluding steroid dienone is 1. The van der Waals surface area contributed by atoms with Gasteiger partial charge in [-0.3, -0.25) is 10.1 Å². The van der Waals surface area contributed by atoms with E-state index in [-0.39, 0.29) is 22.9 Å². The molecule has 0 aliphatic carbocycles. The molecule has 1 N–H and O–H groups in total. The van der Waals surface area contributed by atoms with Crippen LogP contribution in [0.25, 0.3) is 0 Å². The lowest BCUT2D eigenvalue weighted by atomic mass is 10.0. The third kappa shape index (κ3) is 3.56. The Morgan fingerprint density at radius 2 is 2.05 bits per heavy atom. The first-order valence-electron chi connectivity index (χ1n) is 5.65. The molecular weight excluding hydrogens is 324 g/mol. The van der Waals surface area contributed by atoms with Gasteiger partial charge in [0.2, 0.25) is 0 Å². The van der Waals surface area contributed by atoms with E-state index in [2.05, 4.69) is 21.2 Å². The molecule has 0 saturated heterocycles. The highest BCUT2D eigenvalue weighted by Crippen LogP contribution is 2.36. The van der Waals surface area contributed by atoms with Crippen LogP contribution in [0.4, 0.5) is 11.4 Å². The summed E-state index contributed by atoms with van der Waals surface area (Å²) in [4.78, 5) is 10.6. The van der Waals surface area contributed by atoms with Gasteiger partial charge < -0.3 is 5.32 Å². The minimum atomic E-state index is -0.509. The zero-order valence-corrected chi connectivity index (χ0v) is 12.4. The van der Waals surface area contributed by atoms with Crippen molar-refractivity contribution in [3.05, 3.63) is 44.1 Å². The number of rotatable bonds is 4. The number of nitro groups is 1. The first-order valence-corrected chi connectivity index (χ1v) is 6.44. The number of anilines is 1. The molecule has 20 heavy (non-hydrogen) atoms. The summed E-state index contributed by atoms with van der Waals surface area (Å²) in [6.07, 6.45) is 1.14.